The Morgan fingerprint density at radius 2 is 1.86 bits per heavy atom. The topological polar surface area (TPSA) is 49.4 Å². The van der Waals surface area contributed by atoms with Crippen molar-refractivity contribution in [2.75, 3.05) is 19.6 Å². The highest BCUT2D eigenvalue weighted by Gasteiger charge is 2.28. The highest BCUT2D eigenvalue weighted by molar-refractivity contribution is 7.89. The van der Waals surface area contributed by atoms with Gasteiger partial charge < -0.3 is 5.32 Å². The van der Waals surface area contributed by atoms with Crippen molar-refractivity contribution in [3.8, 4) is 0 Å². The largest absolute Gasteiger partial charge is 0.313 e. The molecule has 0 radical (unpaired) electrons. The summed E-state index contributed by atoms with van der Waals surface area (Å²) in [6.07, 6.45) is 0.605. The summed E-state index contributed by atoms with van der Waals surface area (Å²) in [5.41, 5.74) is 0.405. The summed E-state index contributed by atoms with van der Waals surface area (Å²) in [7, 11) is -4.02. The zero-order valence-corrected chi connectivity index (χ0v) is 13.4. The monoisotopic (exact) mass is 320 g/mol. The van der Waals surface area contributed by atoms with E-state index in [2.05, 4.69) is 5.32 Å². The van der Waals surface area contributed by atoms with Gasteiger partial charge in [0.25, 0.3) is 0 Å². The van der Waals surface area contributed by atoms with Gasteiger partial charge in [0.05, 0.1) is 0 Å². The first-order chi connectivity index (χ1) is 9.88. The fourth-order valence-electron chi connectivity index (χ4n) is 2.01. The molecule has 0 fully saturated rings. The lowest BCUT2D eigenvalue weighted by Gasteiger charge is -2.20. The maximum atomic E-state index is 13.9. The fraction of sp³-hybridized carbons (Fsp3) is 0.571. The van der Waals surface area contributed by atoms with Gasteiger partial charge in [-0.15, -0.1) is 0 Å². The molecular formula is C14H22F2N2O2S. The molecule has 0 aliphatic carbocycles. The van der Waals surface area contributed by atoms with Crippen molar-refractivity contribution in [2.24, 2.45) is 0 Å². The number of sulfonamides is 1. The zero-order chi connectivity index (χ0) is 16.0. The average molecular weight is 320 g/mol. The van der Waals surface area contributed by atoms with E-state index >= 15 is 0 Å². The third-order valence-corrected chi connectivity index (χ3v) is 5.05. The van der Waals surface area contributed by atoms with E-state index in [4.69, 9.17) is 0 Å². The molecule has 0 saturated heterocycles. The van der Waals surface area contributed by atoms with Crippen LogP contribution in [0.25, 0.3) is 0 Å². The second kappa shape index (κ2) is 7.82. The van der Waals surface area contributed by atoms with E-state index in [1.165, 1.54) is 6.07 Å². The van der Waals surface area contributed by atoms with Gasteiger partial charge in [0, 0.05) is 19.6 Å². The van der Waals surface area contributed by atoms with Crippen molar-refractivity contribution >= 4 is 10.0 Å². The zero-order valence-electron chi connectivity index (χ0n) is 12.6. The van der Waals surface area contributed by atoms with E-state index < -0.39 is 26.6 Å². The summed E-state index contributed by atoms with van der Waals surface area (Å²) < 4.78 is 53.7. The summed E-state index contributed by atoms with van der Waals surface area (Å²) >= 11 is 0. The molecule has 1 aromatic carbocycles. The number of rotatable bonds is 8. The van der Waals surface area contributed by atoms with Crippen LogP contribution in [0.5, 0.6) is 0 Å². The van der Waals surface area contributed by atoms with Crippen molar-refractivity contribution in [3.05, 3.63) is 29.3 Å². The molecule has 1 rings (SSSR count). The van der Waals surface area contributed by atoms with Crippen LogP contribution in [0.1, 0.15) is 32.8 Å². The lowest BCUT2D eigenvalue weighted by atomic mass is 10.2. The second-order valence-electron chi connectivity index (χ2n) is 4.67. The summed E-state index contributed by atoms with van der Waals surface area (Å²) in [4.78, 5) is -0.592. The van der Waals surface area contributed by atoms with Gasteiger partial charge in [0.2, 0.25) is 10.0 Å². The van der Waals surface area contributed by atoms with Gasteiger partial charge in [-0.25, -0.2) is 17.2 Å². The van der Waals surface area contributed by atoms with Crippen molar-refractivity contribution in [1.82, 2.24) is 9.62 Å². The molecular weight excluding hydrogens is 298 g/mol. The molecule has 0 amide bonds. The van der Waals surface area contributed by atoms with Gasteiger partial charge in [-0.05, 0) is 30.7 Å². The van der Waals surface area contributed by atoms with E-state index in [0.717, 1.165) is 10.4 Å². The Morgan fingerprint density at radius 1 is 1.19 bits per heavy atom. The maximum absolute atomic E-state index is 13.9. The van der Waals surface area contributed by atoms with Crippen LogP contribution in [0.2, 0.25) is 0 Å². The van der Waals surface area contributed by atoms with E-state index in [0.29, 0.717) is 18.5 Å². The van der Waals surface area contributed by atoms with Crippen LogP contribution < -0.4 is 5.32 Å². The summed E-state index contributed by atoms with van der Waals surface area (Å²) in [6.45, 7) is 6.80. The van der Waals surface area contributed by atoms with Crippen molar-refractivity contribution in [2.45, 2.75) is 38.6 Å². The molecule has 21 heavy (non-hydrogen) atoms. The van der Waals surface area contributed by atoms with E-state index in [1.807, 2.05) is 13.8 Å². The molecule has 120 valence electrons. The first-order valence-electron chi connectivity index (χ1n) is 7.07. The Balaban J connectivity index is 3.29. The Hall–Kier alpha value is -1.05. The van der Waals surface area contributed by atoms with Crippen LogP contribution in [0.15, 0.2) is 17.0 Å². The van der Waals surface area contributed by atoms with E-state index in [1.54, 1.807) is 6.92 Å². The second-order valence-corrected chi connectivity index (χ2v) is 6.57. The molecule has 0 heterocycles. The smallest absolute Gasteiger partial charge is 0.246 e. The minimum absolute atomic E-state index is 0.217. The highest BCUT2D eigenvalue weighted by Crippen LogP contribution is 2.23. The molecule has 1 N–H and O–H groups in total. The Bertz CT molecular complexity index is 577. The van der Waals surface area contributed by atoms with Crippen molar-refractivity contribution in [1.29, 1.82) is 0 Å². The Morgan fingerprint density at radius 3 is 2.38 bits per heavy atom. The predicted molar refractivity (Wildman–Crippen MR) is 78.5 cm³/mol. The summed E-state index contributed by atoms with van der Waals surface area (Å²) in [5.74, 6) is -2.46. The third-order valence-electron chi connectivity index (χ3n) is 3.08. The van der Waals surface area contributed by atoms with Gasteiger partial charge >= 0.3 is 0 Å². The minimum atomic E-state index is -4.02. The minimum Gasteiger partial charge on any atom is -0.313 e. The number of hydrogen-bond donors (Lipinski definition) is 1. The molecule has 4 nitrogen and oxygen atoms in total. The Kier molecular flexibility index (Phi) is 6.70. The average Bonchev–Trinajstić information content (AvgIpc) is 2.45. The third kappa shape index (κ3) is 4.21. The maximum Gasteiger partial charge on any atom is 0.246 e. The Labute approximate surface area is 125 Å². The number of benzene rings is 1. The molecule has 0 unspecified atom stereocenters. The molecule has 0 aliphatic rings. The molecule has 0 bridgehead atoms. The van der Waals surface area contributed by atoms with Crippen LogP contribution in [-0.4, -0.2) is 32.4 Å². The molecule has 0 spiro atoms. The van der Waals surface area contributed by atoms with Crippen molar-refractivity contribution in [3.63, 3.8) is 0 Å². The van der Waals surface area contributed by atoms with Gasteiger partial charge in [0.15, 0.2) is 11.6 Å². The molecule has 7 heteroatoms. The fourth-order valence-corrected chi connectivity index (χ4v) is 3.68. The number of nitrogens with zero attached hydrogens (tertiary/aromatic N) is 1. The SMILES string of the molecule is CCCN(CC)S(=O)(=O)c1cc(CNCC)cc(F)c1F. The van der Waals surface area contributed by atoms with E-state index in [-0.39, 0.29) is 19.6 Å². The quantitative estimate of drug-likeness (QED) is 0.800. The molecule has 0 aliphatic heterocycles. The lowest BCUT2D eigenvalue weighted by Crippen LogP contribution is -2.32. The molecule has 0 aromatic heterocycles. The van der Waals surface area contributed by atoms with Crippen molar-refractivity contribution < 1.29 is 17.2 Å². The van der Waals surface area contributed by atoms with Crippen LogP contribution in [0.4, 0.5) is 8.78 Å². The molecule has 0 saturated carbocycles. The van der Waals surface area contributed by atoms with Gasteiger partial charge in [-0.3, -0.25) is 0 Å². The van der Waals surface area contributed by atoms with Gasteiger partial charge in [0.1, 0.15) is 4.90 Å². The molecule has 1 aromatic rings. The highest BCUT2D eigenvalue weighted by atomic mass is 32.2. The molecule has 0 atom stereocenters. The summed E-state index contributed by atoms with van der Waals surface area (Å²) in [6, 6.07) is 2.22. The van der Waals surface area contributed by atoms with Crippen LogP contribution >= 0.6 is 0 Å². The first-order valence-corrected chi connectivity index (χ1v) is 8.51. The van der Waals surface area contributed by atoms with Gasteiger partial charge in [-0.1, -0.05) is 20.8 Å². The number of halogens is 2. The standard InChI is InChI=1S/C14H22F2N2O2S/c1-4-7-18(6-3)21(19,20)13-9-11(10-17-5-2)8-12(15)14(13)16/h8-9,17H,4-7,10H2,1-3H3. The number of nitrogens with one attached hydrogen (secondary N) is 1. The number of hydrogen-bond acceptors (Lipinski definition) is 3. The lowest BCUT2D eigenvalue weighted by molar-refractivity contribution is 0.417. The predicted octanol–water partition coefficient (Wildman–Crippen LogP) is 2.49. The summed E-state index contributed by atoms with van der Waals surface area (Å²) in [5, 5.41) is 2.96. The van der Waals surface area contributed by atoms with Crippen LogP contribution in [0.3, 0.4) is 0 Å². The normalized spacial score (nSPS) is 12.1. The van der Waals surface area contributed by atoms with Crippen LogP contribution in [0, 0.1) is 11.6 Å². The van der Waals surface area contributed by atoms with Gasteiger partial charge in [-0.2, -0.15) is 4.31 Å². The van der Waals surface area contributed by atoms with Crippen LogP contribution in [-0.2, 0) is 16.6 Å². The van der Waals surface area contributed by atoms with E-state index in [9.17, 15) is 17.2 Å². The first kappa shape index (κ1) is 18.0.